The van der Waals surface area contributed by atoms with E-state index < -0.39 is 0 Å². The molecule has 1 heterocycles. The van der Waals surface area contributed by atoms with Gasteiger partial charge < -0.3 is 10.1 Å². The lowest BCUT2D eigenvalue weighted by Crippen LogP contribution is -2.41. The van der Waals surface area contributed by atoms with E-state index in [1.165, 1.54) is 44.3 Å². The molecule has 1 fully saturated rings. The van der Waals surface area contributed by atoms with Crippen LogP contribution in [0.3, 0.4) is 0 Å². The minimum Gasteiger partial charge on any atom is -0.383 e. The first-order valence-electron chi connectivity index (χ1n) is 7.71. The summed E-state index contributed by atoms with van der Waals surface area (Å²) in [7, 11) is 1.77. The van der Waals surface area contributed by atoms with Gasteiger partial charge in [0, 0.05) is 19.4 Å². The molecule has 1 aliphatic carbocycles. The summed E-state index contributed by atoms with van der Waals surface area (Å²) in [5.41, 5.74) is 0.523. The largest absolute Gasteiger partial charge is 0.383 e. The fourth-order valence-corrected chi connectivity index (χ4v) is 4.39. The summed E-state index contributed by atoms with van der Waals surface area (Å²) in [5, 5.41) is 4.71. The highest BCUT2D eigenvalue weighted by Gasteiger charge is 2.35. The molecule has 0 aromatic heterocycles. The van der Waals surface area contributed by atoms with Gasteiger partial charge in [0.1, 0.15) is 0 Å². The molecule has 1 atom stereocenters. The molecule has 1 spiro atoms. The molecule has 1 N–H and O–H groups in total. The first kappa shape index (κ1) is 15.2. The normalized spacial score (nSPS) is 24.0. The number of amidine groups is 1. The minimum absolute atomic E-state index is 0.418. The van der Waals surface area contributed by atoms with Crippen LogP contribution in [-0.2, 0) is 4.74 Å². The van der Waals surface area contributed by atoms with Crippen LogP contribution in [0.4, 0.5) is 0 Å². The first-order chi connectivity index (χ1) is 9.28. The molecular weight excluding hydrogens is 256 g/mol. The zero-order chi connectivity index (χ0) is 13.6. The van der Waals surface area contributed by atoms with Crippen molar-refractivity contribution in [2.75, 3.05) is 26.0 Å². The van der Waals surface area contributed by atoms with Gasteiger partial charge in [-0.05, 0) is 24.7 Å². The summed E-state index contributed by atoms with van der Waals surface area (Å²) >= 11 is 1.93. The van der Waals surface area contributed by atoms with E-state index in [2.05, 4.69) is 12.2 Å². The Morgan fingerprint density at radius 2 is 2.16 bits per heavy atom. The molecule has 0 amide bonds. The van der Waals surface area contributed by atoms with Gasteiger partial charge in [-0.3, -0.25) is 4.99 Å². The van der Waals surface area contributed by atoms with Gasteiger partial charge in [0.05, 0.1) is 12.6 Å². The third-order valence-electron chi connectivity index (χ3n) is 4.32. The average Bonchev–Trinajstić information content (AvgIpc) is 2.43. The number of rotatable bonds is 5. The van der Waals surface area contributed by atoms with Crippen LogP contribution in [0.5, 0.6) is 0 Å². The highest BCUT2D eigenvalue weighted by atomic mass is 32.2. The van der Waals surface area contributed by atoms with E-state index in [0.29, 0.717) is 11.5 Å². The molecule has 1 saturated carbocycles. The molecule has 0 radical (unpaired) electrons. The predicted octanol–water partition coefficient (Wildman–Crippen LogP) is 3.44. The first-order valence-corrected chi connectivity index (χ1v) is 8.69. The SMILES string of the molecule is CCCC(COC)NC1=NCC2(CCCCC2)CS1. The summed E-state index contributed by atoms with van der Waals surface area (Å²) in [6.45, 7) is 4.03. The monoisotopic (exact) mass is 284 g/mol. The fraction of sp³-hybridized carbons (Fsp3) is 0.933. The number of aliphatic imine (C=N–C) groups is 1. The number of nitrogens with zero attached hydrogens (tertiary/aromatic N) is 1. The van der Waals surface area contributed by atoms with Crippen LogP contribution in [0.25, 0.3) is 0 Å². The summed E-state index contributed by atoms with van der Waals surface area (Å²) in [6.07, 6.45) is 9.33. The Morgan fingerprint density at radius 3 is 2.74 bits per heavy atom. The van der Waals surface area contributed by atoms with E-state index in [-0.39, 0.29) is 0 Å². The van der Waals surface area contributed by atoms with Gasteiger partial charge in [-0.15, -0.1) is 0 Å². The molecule has 0 saturated heterocycles. The maximum atomic E-state index is 5.28. The highest BCUT2D eigenvalue weighted by molar-refractivity contribution is 8.13. The second kappa shape index (κ2) is 7.53. The van der Waals surface area contributed by atoms with Crippen LogP contribution in [0.15, 0.2) is 4.99 Å². The third kappa shape index (κ3) is 4.38. The van der Waals surface area contributed by atoms with Gasteiger partial charge in [0.2, 0.25) is 0 Å². The lowest BCUT2D eigenvalue weighted by atomic mass is 9.75. The van der Waals surface area contributed by atoms with Crippen molar-refractivity contribution >= 4 is 16.9 Å². The Bertz CT molecular complexity index is 295. The molecule has 2 aliphatic rings. The van der Waals surface area contributed by atoms with Crippen LogP contribution in [0.1, 0.15) is 51.9 Å². The Hall–Kier alpha value is -0.220. The van der Waals surface area contributed by atoms with Gasteiger partial charge in [-0.1, -0.05) is 44.4 Å². The molecule has 1 aliphatic heterocycles. The van der Waals surface area contributed by atoms with E-state index >= 15 is 0 Å². The number of methoxy groups -OCH3 is 1. The quantitative estimate of drug-likeness (QED) is 0.839. The third-order valence-corrected chi connectivity index (χ3v) is 5.60. The van der Waals surface area contributed by atoms with E-state index in [1.54, 1.807) is 7.11 Å². The van der Waals surface area contributed by atoms with Crippen molar-refractivity contribution in [1.29, 1.82) is 0 Å². The summed E-state index contributed by atoms with van der Waals surface area (Å²) < 4.78 is 5.28. The maximum Gasteiger partial charge on any atom is 0.156 e. The second-order valence-corrected chi connectivity index (χ2v) is 7.02. The summed E-state index contributed by atoms with van der Waals surface area (Å²) in [4.78, 5) is 4.82. The zero-order valence-electron chi connectivity index (χ0n) is 12.4. The molecule has 1 unspecified atom stereocenters. The van der Waals surface area contributed by atoms with Gasteiger partial charge in [-0.25, -0.2) is 0 Å². The Morgan fingerprint density at radius 1 is 1.37 bits per heavy atom. The molecule has 3 nitrogen and oxygen atoms in total. The minimum atomic E-state index is 0.418. The Balaban J connectivity index is 1.85. The van der Waals surface area contributed by atoms with Crippen LogP contribution in [0.2, 0.25) is 0 Å². The fourth-order valence-electron chi connectivity index (χ4n) is 3.17. The van der Waals surface area contributed by atoms with Crippen molar-refractivity contribution in [3.8, 4) is 0 Å². The van der Waals surface area contributed by atoms with Gasteiger partial charge in [0.15, 0.2) is 5.17 Å². The number of thioether (sulfide) groups is 1. The molecule has 0 aromatic carbocycles. The van der Waals surface area contributed by atoms with Crippen LogP contribution in [-0.4, -0.2) is 37.2 Å². The number of hydrogen-bond acceptors (Lipinski definition) is 4. The van der Waals surface area contributed by atoms with Crippen molar-refractivity contribution in [2.45, 2.75) is 57.9 Å². The van der Waals surface area contributed by atoms with E-state index in [1.807, 2.05) is 11.8 Å². The average molecular weight is 284 g/mol. The smallest absolute Gasteiger partial charge is 0.156 e. The topological polar surface area (TPSA) is 33.6 Å². The number of hydrogen-bond donors (Lipinski definition) is 1. The van der Waals surface area contributed by atoms with Crippen LogP contribution in [0, 0.1) is 5.41 Å². The van der Waals surface area contributed by atoms with Gasteiger partial charge in [-0.2, -0.15) is 0 Å². The molecular formula is C15H28N2OS. The van der Waals surface area contributed by atoms with Gasteiger partial charge >= 0.3 is 0 Å². The molecule has 2 rings (SSSR count). The highest BCUT2D eigenvalue weighted by Crippen LogP contribution is 2.41. The van der Waals surface area contributed by atoms with Crippen molar-refractivity contribution < 1.29 is 4.74 Å². The number of ether oxygens (including phenoxy) is 1. The standard InChI is InChI=1S/C15H28N2OS/c1-3-7-13(10-18-2)17-14-16-11-15(12-19-14)8-5-4-6-9-15/h13H,3-12H2,1-2H3,(H,16,17). The lowest BCUT2D eigenvalue weighted by Gasteiger charge is -2.38. The molecule has 0 aromatic rings. The summed E-state index contributed by atoms with van der Waals surface area (Å²) in [5.74, 6) is 1.25. The van der Waals surface area contributed by atoms with Crippen molar-refractivity contribution in [3.63, 3.8) is 0 Å². The van der Waals surface area contributed by atoms with E-state index in [9.17, 15) is 0 Å². The van der Waals surface area contributed by atoms with E-state index in [0.717, 1.165) is 24.7 Å². The van der Waals surface area contributed by atoms with Crippen molar-refractivity contribution in [3.05, 3.63) is 0 Å². The van der Waals surface area contributed by atoms with Crippen LogP contribution < -0.4 is 5.32 Å². The maximum absolute atomic E-state index is 5.28. The van der Waals surface area contributed by atoms with Crippen molar-refractivity contribution in [1.82, 2.24) is 5.32 Å². The second-order valence-electron chi connectivity index (χ2n) is 6.06. The Kier molecular flexibility index (Phi) is 6.02. The predicted molar refractivity (Wildman–Crippen MR) is 84.0 cm³/mol. The lowest BCUT2D eigenvalue weighted by molar-refractivity contribution is 0.170. The molecule has 110 valence electrons. The number of nitrogens with one attached hydrogen (secondary N) is 1. The molecule has 19 heavy (non-hydrogen) atoms. The van der Waals surface area contributed by atoms with E-state index in [4.69, 9.17) is 9.73 Å². The zero-order valence-corrected chi connectivity index (χ0v) is 13.2. The van der Waals surface area contributed by atoms with Crippen molar-refractivity contribution in [2.24, 2.45) is 10.4 Å². The van der Waals surface area contributed by atoms with Crippen LogP contribution >= 0.6 is 11.8 Å². The molecule has 4 heteroatoms. The Labute approximate surface area is 122 Å². The molecule has 0 bridgehead atoms. The summed E-state index contributed by atoms with van der Waals surface area (Å²) in [6, 6.07) is 0.418. The van der Waals surface area contributed by atoms with Gasteiger partial charge in [0.25, 0.3) is 0 Å².